The van der Waals surface area contributed by atoms with Gasteiger partial charge < -0.3 is 39.7 Å². The van der Waals surface area contributed by atoms with E-state index < -0.39 is 44.0 Å². The van der Waals surface area contributed by atoms with Gasteiger partial charge in [0.15, 0.2) is 0 Å². The Kier molecular flexibility index (Phi) is 16.6. The number of likely N-dealkylation sites (N-methyl/N-ethyl adjacent to an activating group) is 1. The summed E-state index contributed by atoms with van der Waals surface area (Å²) in [6.07, 6.45) is 4.40. The number of hydrogen-bond acceptors (Lipinski definition) is 9. The van der Waals surface area contributed by atoms with E-state index in [4.69, 9.17) is 14.0 Å². The molecule has 1 saturated carbocycles. The second kappa shape index (κ2) is 20.4. The van der Waals surface area contributed by atoms with E-state index in [1.54, 1.807) is 38.0 Å². The van der Waals surface area contributed by atoms with E-state index in [9.17, 15) is 23.7 Å². The van der Waals surface area contributed by atoms with Crippen molar-refractivity contribution in [3.8, 4) is 0 Å². The Hall–Kier alpha value is -2.83. The van der Waals surface area contributed by atoms with Crippen LogP contribution in [-0.2, 0) is 44.2 Å². The van der Waals surface area contributed by atoms with Gasteiger partial charge in [0.2, 0.25) is 31.7 Å². The Morgan fingerprint density at radius 3 is 2.26 bits per heavy atom. The van der Waals surface area contributed by atoms with Gasteiger partial charge in [-0.05, 0) is 55.4 Å². The van der Waals surface area contributed by atoms with Crippen LogP contribution in [0, 0.1) is 23.7 Å². The molecule has 54 heavy (non-hydrogen) atoms. The number of hydrogen-bond donors (Lipinski definition) is 3. The predicted molar refractivity (Wildman–Crippen MR) is 209 cm³/mol. The topological polar surface area (TPSA) is 156 Å². The van der Waals surface area contributed by atoms with Crippen LogP contribution in [0.2, 0.25) is 0 Å². The second-order valence-corrected chi connectivity index (χ2v) is 17.8. The van der Waals surface area contributed by atoms with Gasteiger partial charge in [-0.15, -0.1) is 0 Å². The molecule has 304 valence electrons. The van der Waals surface area contributed by atoms with Gasteiger partial charge in [-0.1, -0.05) is 71.4 Å². The second-order valence-electron chi connectivity index (χ2n) is 16.0. The van der Waals surface area contributed by atoms with Crippen molar-refractivity contribution >= 4 is 31.7 Å². The minimum atomic E-state index is -2.59. The van der Waals surface area contributed by atoms with E-state index >= 15 is 0 Å². The van der Waals surface area contributed by atoms with Gasteiger partial charge in [0, 0.05) is 47.4 Å². The van der Waals surface area contributed by atoms with E-state index in [0.29, 0.717) is 31.3 Å². The van der Waals surface area contributed by atoms with Crippen molar-refractivity contribution in [2.75, 3.05) is 34.9 Å². The number of nitrogens with zero attached hydrogens (tertiary/aromatic N) is 2. The van der Waals surface area contributed by atoms with E-state index in [1.807, 2.05) is 51.1 Å². The minimum absolute atomic E-state index is 0.0133. The summed E-state index contributed by atoms with van der Waals surface area (Å²) in [7, 11) is 3.64. The molecule has 1 aliphatic carbocycles. The Morgan fingerprint density at radius 1 is 1.00 bits per heavy atom. The number of carbonyl (C=O) groups is 4. The summed E-state index contributed by atoms with van der Waals surface area (Å²) in [4.78, 5) is 59.0. The highest BCUT2D eigenvalue weighted by Crippen LogP contribution is 2.36. The molecule has 3 fully saturated rings. The Balaban J connectivity index is 1.45. The quantitative estimate of drug-likeness (QED) is 0.167. The third-order valence-electron chi connectivity index (χ3n) is 12.2. The normalized spacial score (nSPS) is 25.3. The summed E-state index contributed by atoms with van der Waals surface area (Å²) >= 11 is 0. The van der Waals surface area contributed by atoms with Gasteiger partial charge in [-0.3, -0.25) is 23.7 Å². The molecule has 2 aliphatic heterocycles. The van der Waals surface area contributed by atoms with Crippen molar-refractivity contribution in [1.82, 2.24) is 25.8 Å². The highest BCUT2D eigenvalue weighted by Gasteiger charge is 2.46. The number of methoxy groups -OCH3 is 2. The lowest BCUT2D eigenvalue weighted by Crippen LogP contribution is -2.59. The standard InChI is InChI=1S/C40H66N5O8P/c1-10-25(4)36(44(6)40(49)34(24(2)3)43-39(48)35-28-18-19-29(22-28)41-35)31(51-7)23-33(46)45-20-14-17-30(45)37(52-8)26(5)38(47)42-32(54(50)53-9)21-27-15-12-11-13-16-27/h11-13,15-16,24-26,28-32,34-37,41,54H,10,14,17-23H2,1-9H3,(H,42,47)(H,43,48)/t25-,26+,28-,29+,30-,31+,32+,34-,35-,36-,37+/m0/s1. The lowest BCUT2D eigenvalue weighted by molar-refractivity contribution is -0.147. The first kappa shape index (κ1) is 43.9. The first-order valence-corrected chi connectivity index (χ1v) is 21.3. The predicted octanol–water partition coefficient (Wildman–Crippen LogP) is 3.99. The van der Waals surface area contributed by atoms with Gasteiger partial charge in [-0.2, -0.15) is 0 Å². The summed E-state index contributed by atoms with van der Waals surface area (Å²) in [5.41, 5.74) is 0.926. The first-order chi connectivity index (χ1) is 25.8. The maximum absolute atomic E-state index is 14.2. The van der Waals surface area contributed by atoms with Crippen LogP contribution in [0.25, 0.3) is 0 Å². The number of piperidine rings is 1. The Labute approximate surface area is 323 Å². The van der Waals surface area contributed by atoms with E-state index in [-0.39, 0.29) is 54.0 Å². The molecule has 1 aromatic rings. The maximum Gasteiger partial charge on any atom is 0.245 e. The summed E-state index contributed by atoms with van der Waals surface area (Å²) < 4.78 is 30.0. The number of amides is 4. The summed E-state index contributed by atoms with van der Waals surface area (Å²) in [6.45, 7) is 10.2. The van der Waals surface area contributed by atoms with Crippen LogP contribution in [0.1, 0.15) is 85.1 Å². The van der Waals surface area contributed by atoms with E-state index in [0.717, 1.165) is 37.7 Å². The third kappa shape index (κ3) is 10.5. The zero-order valence-electron chi connectivity index (χ0n) is 33.8. The summed E-state index contributed by atoms with van der Waals surface area (Å²) in [5.74, 6) is -2.03. The highest BCUT2D eigenvalue weighted by atomic mass is 31.1. The fourth-order valence-corrected chi connectivity index (χ4v) is 9.87. The summed E-state index contributed by atoms with van der Waals surface area (Å²) in [5, 5.41) is 9.46. The minimum Gasteiger partial charge on any atom is -0.379 e. The van der Waals surface area contributed by atoms with Crippen LogP contribution in [0.5, 0.6) is 0 Å². The molecule has 1 unspecified atom stereocenters. The number of ether oxygens (including phenoxy) is 2. The molecule has 1 aromatic carbocycles. The van der Waals surface area contributed by atoms with Crippen LogP contribution >= 0.6 is 8.03 Å². The molecular weight excluding hydrogens is 709 g/mol. The van der Waals surface area contributed by atoms with Crippen molar-refractivity contribution in [2.24, 2.45) is 23.7 Å². The van der Waals surface area contributed by atoms with E-state index in [1.165, 1.54) is 7.11 Å². The lowest BCUT2D eigenvalue weighted by atomic mass is 9.89. The number of benzene rings is 1. The molecule has 2 bridgehead atoms. The smallest absolute Gasteiger partial charge is 0.245 e. The van der Waals surface area contributed by atoms with Crippen LogP contribution in [-0.4, -0.2) is 117 Å². The number of fused-ring (bicyclic) bond motifs is 2. The van der Waals surface area contributed by atoms with Crippen LogP contribution in [0.3, 0.4) is 0 Å². The van der Waals surface area contributed by atoms with Gasteiger partial charge in [-0.25, -0.2) is 0 Å². The van der Waals surface area contributed by atoms with Crippen LogP contribution in [0.4, 0.5) is 0 Å². The van der Waals surface area contributed by atoms with Crippen molar-refractivity contribution in [3.63, 3.8) is 0 Å². The van der Waals surface area contributed by atoms with Crippen molar-refractivity contribution in [3.05, 3.63) is 35.9 Å². The van der Waals surface area contributed by atoms with Gasteiger partial charge in [0.25, 0.3) is 0 Å². The monoisotopic (exact) mass is 775 g/mol. The highest BCUT2D eigenvalue weighted by molar-refractivity contribution is 7.40. The van der Waals surface area contributed by atoms with Crippen LogP contribution < -0.4 is 16.0 Å². The number of carbonyl (C=O) groups excluding carboxylic acids is 4. The first-order valence-electron chi connectivity index (χ1n) is 19.9. The van der Waals surface area contributed by atoms with E-state index in [2.05, 4.69) is 22.9 Å². The molecule has 4 rings (SSSR count). The molecule has 2 heterocycles. The molecule has 3 N–H and O–H groups in total. The summed E-state index contributed by atoms with van der Waals surface area (Å²) in [6, 6.07) is 8.08. The molecule has 12 atom stereocenters. The zero-order chi connectivity index (χ0) is 39.7. The Morgan fingerprint density at radius 2 is 1.70 bits per heavy atom. The van der Waals surface area contributed by atoms with Crippen LogP contribution in [0.15, 0.2) is 30.3 Å². The number of likely N-dealkylation sites (tertiary alicyclic amines) is 1. The fraction of sp³-hybridized carbons (Fsp3) is 0.750. The average Bonchev–Trinajstić information content (AvgIpc) is 3.95. The molecule has 0 spiro atoms. The largest absolute Gasteiger partial charge is 0.379 e. The van der Waals surface area contributed by atoms with Crippen molar-refractivity contribution in [1.29, 1.82) is 0 Å². The molecule has 3 aliphatic rings. The molecule has 0 aromatic heterocycles. The molecular formula is C40H66N5O8P. The average molecular weight is 776 g/mol. The van der Waals surface area contributed by atoms with Crippen molar-refractivity contribution < 1.29 is 37.7 Å². The molecule has 2 saturated heterocycles. The number of nitrogens with one attached hydrogen (secondary N) is 3. The van der Waals surface area contributed by atoms with Gasteiger partial charge in [0.1, 0.15) is 11.8 Å². The number of rotatable bonds is 20. The maximum atomic E-state index is 14.2. The lowest BCUT2D eigenvalue weighted by Gasteiger charge is -2.41. The van der Waals surface area contributed by atoms with Gasteiger partial charge in [0.05, 0.1) is 42.7 Å². The fourth-order valence-electron chi connectivity index (χ4n) is 8.92. The molecule has 0 radical (unpaired) electrons. The third-order valence-corrected chi connectivity index (χ3v) is 13.5. The van der Waals surface area contributed by atoms with Crippen molar-refractivity contribution in [2.45, 2.75) is 134 Å². The molecule has 4 amide bonds. The molecule has 14 heteroatoms. The van der Waals surface area contributed by atoms with Gasteiger partial charge >= 0.3 is 0 Å². The molecule has 13 nitrogen and oxygen atoms in total. The zero-order valence-corrected chi connectivity index (χ0v) is 34.8. The Bertz CT molecular complexity index is 1430. The SMILES string of the molecule is CC[C@H](C)[C@@H]([C@@H](CC(=O)N1CCC[C@H]1[C@H](OC)[C@@H](C)C(=O)N[C@@H](Cc1ccccc1)[PH](=O)OC)OC)N(C)C(=O)[C@@H](NC(=O)[C@H]1N[C@@H]2CC[C@H]1C2)C(C)C.